The number of aromatic hydroxyl groups is 1. The van der Waals surface area contributed by atoms with E-state index in [0.717, 1.165) is 11.1 Å². The molecule has 2 aromatic heterocycles. The summed E-state index contributed by atoms with van der Waals surface area (Å²) in [5.74, 6) is 1.18. The van der Waals surface area contributed by atoms with Crippen LogP contribution in [0.2, 0.25) is 0 Å². The highest BCUT2D eigenvalue weighted by Crippen LogP contribution is 2.25. The Morgan fingerprint density at radius 2 is 1.84 bits per heavy atom. The molecule has 3 rings (SSSR count). The Balaban J connectivity index is 2.22. The number of phenols is 1. The van der Waals surface area contributed by atoms with Crippen LogP contribution in [0.5, 0.6) is 11.6 Å². The number of methoxy groups -OCH3 is 1. The maximum atomic E-state index is 9.30. The monoisotopic (exact) mass is 253 g/mol. The third-order valence-electron chi connectivity index (χ3n) is 2.74. The summed E-state index contributed by atoms with van der Waals surface area (Å²) in [6, 6.07) is 10.4. The Bertz CT molecular complexity index is 726. The average molecular weight is 253 g/mol. The predicted octanol–water partition coefficient (Wildman–Crippen LogP) is 2.41. The van der Waals surface area contributed by atoms with Gasteiger partial charge < -0.3 is 9.84 Å². The zero-order valence-corrected chi connectivity index (χ0v) is 10.2. The molecule has 0 unspecified atom stereocenters. The van der Waals surface area contributed by atoms with E-state index in [0.29, 0.717) is 17.2 Å². The topological polar surface area (TPSA) is 68.1 Å². The van der Waals surface area contributed by atoms with Crippen molar-refractivity contribution >= 4 is 11.0 Å². The summed E-state index contributed by atoms with van der Waals surface area (Å²) in [4.78, 5) is 13.0. The lowest BCUT2D eigenvalue weighted by atomic mass is 10.2. The van der Waals surface area contributed by atoms with Crippen LogP contribution in [-0.2, 0) is 0 Å². The average Bonchev–Trinajstić information content (AvgIpc) is 2.47. The van der Waals surface area contributed by atoms with Gasteiger partial charge in [-0.05, 0) is 36.4 Å². The van der Waals surface area contributed by atoms with E-state index in [-0.39, 0.29) is 5.75 Å². The SMILES string of the molecule is COc1nc(-c2ccc(O)cc2)nc2cccnc12. The van der Waals surface area contributed by atoms with Gasteiger partial charge in [0.05, 0.1) is 12.6 Å². The van der Waals surface area contributed by atoms with Gasteiger partial charge in [-0.3, -0.25) is 0 Å². The number of benzene rings is 1. The largest absolute Gasteiger partial charge is 0.508 e. The van der Waals surface area contributed by atoms with Gasteiger partial charge in [-0.15, -0.1) is 0 Å². The smallest absolute Gasteiger partial charge is 0.244 e. The molecule has 19 heavy (non-hydrogen) atoms. The molecule has 0 atom stereocenters. The number of phenolic OH excluding ortho intramolecular Hbond substituents is 1. The quantitative estimate of drug-likeness (QED) is 0.759. The van der Waals surface area contributed by atoms with Gasteiger partial charge in [0.15, 0.2) is 11.3 Å². The molecule has 0 aliphatic rings. The first-order valence-electron chi connectivity index (χ1n) is 5.74. The van der Waals surface area contributed by atoms with Crippen LogP contribution in [0, 0.1) is 0 Å². The molecule has 0 amide bonds. The summed E-state index contributed by atoms with van der Waals surface area (Å²) < 4.78 is 5.25. The maximum Gasteiger partial charge on any atom is 0.244 e. The van der Waals surface area contributed by atoms with Gasteiger partial charge in [0, 0.05) is 11.8 Å². The summed E-state index contributed by atoms with van der Waals surface area (Å²) >= 11 is 0. The second kappa shape index (κ2) is 4.53. The fourth-order valence-electron chi connectivity index (χ4n) is 1.82. The summed E-state index contributed by atoms with van der Waals surface area (Å²) in [6.45, 7) is 0. The van der Waals surface area contributed by atoms with E-state index in [1.165, 1.54) is 0 Å². The van der Waals surface area contributed by atoms with Crippen LogP contribution in [0.15, 0.2) is 42.6 Å². The van der Waals surface area contributed by atoms with Gasteiger partial charge in [0.1, 0.15) is 5.75 Å². The fourth-order valence-corrected chi connectivity index (χ4v) is 1.82. The molecule has 0 saturated carbocycles. The Hall–Kier alpha value is -2.69. The minimum atomic E-state index is 0.207. The number of hydrogen-bond donors (Lipinski definition) is 1. The number of pyridine rings is 1. The van der Waals surface area contributed by atoms with Gasteiger partial charge in [-0.1, -0.05) is 0 Å². The highest BCUT2D eigenvalue weighted by atomic mass is 16.5. The summed E-state index contributed by atoms with van der Waals surface area (Å²) in [5.41, 5.74) is 2.16. The molecule has 0 bridgehead atoms. The lowest BCUT2D eigenvalue weighted by Gasteiger charge is -2.06. The number of rotatable bonds is 2. The number of fused-ring (bicyclic) bond motifs is 1. The standard InChI is InChI=1S/C14H11N3O2/c1-19-14-12-11(3-2-8-15-12)16-13(17-14)9-4-6-10(18)7-5-9/h2-8,18H,1H3. The van der Waals surface area contributed by atoms with Crippen LogP contribution in [-0.4, -0.2) is 27.2 Å². The van der Waals surface area contributed by atoms with Crippen molar-refractivity contribution in [2.24, 2.45) is 0 Å². The number of aromatic nitrogens is 3. The molecule has 94 valence electrons. The first-order valence-corrected chi connectivity index (χ1v) is 5.74. The lowest BCUT2D eigenvalue weighted by Crippen LogP contribution is -1.97. The number of nitrogens with zero attached hydrogens (tertiary/aromatic N) is 3. The van der Waals surface area contributed by atoms with Crippen molar-refractivity contribution in [3.8, 4) is 23.0 Å². The zero-order valence-electron chi connectivity index (χ0n) is 10.2. The molecule has 0 radical (unpaired) electrons. The fraction of sp³-hybridized carbons (Fsp3) is 0.0714. The molecule has 0 aliphatic heterocycles. The third kappa shape index (κ3) is 2.06. The van der Waals surface area contributed by atoms with Crippen molar-refractivity contribution < 1.29 is 9.84 Å². The predicted molar refractivity (Wildman–Crippen MR) is 71.0 cm³/mol. The Labute approximate surface area is 109 Å². The van der Waals surface area contributed by atoms with Crippen LogP contribution in [0.4, 0.5) is 0 Å². The molecule has 5 nitrogen and oxygen atoms in total. The lowest BCUT2D eigenvalue weighted by molar-refractivity contribution is 0.402. The van der Waals surface area contributed by atoms with E-state index in [4.69, 9.17) is 4.74 Å². The van der Waals surface area contributed by atoms with Crippen molar-refractivity contribution in [2.75, 3.05) is 7.11 Å². The van der Waals surface area contributed by atoms with Crippen molar-refractivity contribution in [1.82, 2.24) is 15.0 Å². The molecular weight excluding hydrogens is 242 g/mol. The summed E-state index contributed by atoms with van der Waals surface area (Å²) in [7, 11) is 1.55. The molecule has 1 aromatic carbocycles. The van der Waals surface area contributed by atoms with E-state index in [1.54, 1.807) is 37.6 Å². The van der Waals surface area contributed by atoms with E-state index < -0.39 is 0 Å². The Morgan fingerprint density at radius 1 is 1.05 bits per heavy atom. The van der Waals surface area contributed by atoms with E-state index >= 15 is 0 Å². The Kier molecular flexibility index (Phi) is 2.72. The van der Waals surface area contributed by atoms with Crippen LogP contribution in [0.3, 0.4) is 0 Å². The molecule has 2 heterocycles. The highest BCUT2D eigenvalue weighted by Gasteiger charge is 2.10. The first kappa shape index (κ1) is 11.4. The highest BCUT2D eigenvalue weighted by molar-refractivity contribution is 5.81. The number of hydrogen-bond acceptors (Lipinski definition) is 5. The van der Waals surface area contributed by atoms with E-state index in [2.05, 4.69) is 15.0 Å². The molecule has 0 fully saturated rings. The van der Waals surface area contributed by atoms with Crippen LogP contribution in [0.25, 0.3) is 22.4 Å². The minimum absolute atomic E-state index is 0.207. The minimum Gasteiger partial charge on any atom is -0.508 e. The van der Waals surface area contributed by atoms with E-state index in [9.17, 15) is 5.11 Å². The van der Waals surface area contributed by atoms with Crippen LogP contribution < -0.4 is 4.74 Å². The maximum absolute atomic E-state index is 9.30. The normalized spacial score (nSPS) is 10.6. The Morgan fingerprint density at radius 3 is 2.58 bits per heavy atom. The van der Waals surface area contributed by atoms with Gasteiger partial charge in [0.25, 0.3) is 0 Å². The molecule has 1 N–H and O–H groups in total. The molecule has 0 aliphatic carbocycles. The van der Waals surface area contributed by atoms with Gasteiger partial charge in [0.2, 0.25) is 5.88 Å². The molecular formula is C14H11N3O2. The third-order valence-corrected chi connectivity index (χ3v) is 2.74. The van der Waals surface area contributed by atoms with E-state index in [1.807, 2.05) is 12.1 Å². The van der Waals surface area contributed by atoms with Gasteiger partial charge in [-0.2, -0.15) is 4.98 Å². The molecule has 0 saturated heterocycles. The number of ether oxygens (including phenoxy) is 1. The zero-order chi connectivity index (χ0) is 13.2. The second-order valence-electron chi connectivity index (χ2n) is 3.97. The first-order chi connectivity index (χ1) is 9.28. The molecule has 5 heteroatoms. The van der Waals surface area contributed by atoms with Gasteiger partial charge >= 0.3 is 0 Å². The molecule has 3 aromatic rings. The summed E-state index contributed by atoms with van der Waals surface area (Å²) in [6.07, 6.45) is 1.68. The van der Waals surface area contributed by atoms with Crippen molar-refractivity contribution in [3.05, 3.63) is 42.6 Å². The van der Waals surface area contributed by atoms with Crippen molar-refractivity contribution in [3.63, 3.8) is 0 Å². The van der Waals surface area contributed by atoms with Crippen LogP contribution >= 0.6 is 0 Å². The molecule has 0 spiro atoms. The van der Waals surface area contributed by atoms with Crippen molar-refractivity contribution in [2.45, 2.75) is 0 Å². The van der Waals surface area contributed by atoms with Crippen molar-refractivity contribution in [1.29, 1.82) is 0 Å². The summed E-state index contributed by atoms with van der Waals surface area (Å²) in [5, 5.41) is 9.30. The van der Waals surface area contributed by atoms with Crippen LogP contribution in [0.1, 0.15) is 0 Å². The second-order valence-corrected chi connectivity index (χ2v) is 3.97. The van der Waals surface area contributed by atoms with Gasteiger partial charge in [-0.25, -0.2) is 9.97 Å².